The van der Waals surface area contributed by atoms with Crippen LogP contribution in [-0.2, 0) is 0 Å². The molecule has 4 aromatic rings. The van der Waals surface area contributed by atoms with E-state index in [1.165, 1.54) is 12.1 Å². The number of hydrogen-bond acceptors (Lipinski definition) is 9. The predicted molar refractivity (Wildman–Crippen MR) is 165 cm³/mol. The van der Waals surface area contributed by atoms with Crippen LogP contribution in [0.1, 0.15) is 37.7 Å². The number of piperazine rings is 1. The molecular formula is C32H31F4N7OS. The Hall–Kier alpha value is -3.73. The van der Waals surface area contributed by atoms with E-state index in [9.17, 15) is 14.0 Å². The molecule has 3 N–H and O–H groups in total. The van der Waals surface area contributed by atoms with Crippen molar-refractivity contribution in [2.24, 2.45) is 5.41 Å². The first-order valence-electron chi connectivity index (χ1n) is 15.3. The number of thiophene rings is 1. The fourth-order valence-electron chi connectivity index (χ4n) is 7.34. The van der Waals surface area contributed by atoms with Crippen LogP contribution in [0.4, 0.5) is 28.4 Å². The van der Waals surface area contributed by atoms with Gasteiger partial charge in [0.25, 0.3) is 0 Å². The van der Waals surface area contributed by atoms with Crippen molar-refractivity contribution >= 4 is 43.1 Å². The number of benzene rings is 2. The molecule has 1 aliphatic carbocycles. The number of rotatable bonds is 7. The number of fused-ring (bicyclic) bond motifs is 4. The van der Waals surface area contributed by atoms with Crippen LogP contribution in [0.5, 0.6) is 6.01 Å². The average molecular weight is 638 g/mol. The molecule has 4 aliphatic rings. The molecule has 0 radical (unpaired) electrons. The minimum atomic E-state index is -0.953. The smallest absolute Gasteiger partial charge is 0.319 e. The van der Waals surface area contributed by atoms with Gasteiger partial charge in [0.15, 0.2) is 5.82 Å². The SMILES string of the molecule is N#Cc1c(N)sc2c(F)ccc(-c3c(F)cc4c(N5CC6CCC(C5)N6)nc(OCC5(CN6CC[C@@H](F)C6)CC5)nc4c3F)c12. The van der Waals surface area contributed by atoms with Crippen molar-refractivity contribution in [2.75, 3.05) is 50.0 Å². The maximum absolute atomic E-state index is 16.7. The average Bonchev–Trinajstić information content (AvgIpc) is 3.31. The summed E-state index contributed by atoms with van der Waals surface area (Å²) < 4.78 is 67.6. The highest BCUT2D eigenvalue weighted by molar-refractivity contribution is 7.23. The van der Waals surface area contributed by atoms with Gasteiger partial charge in [0.05, 0.1) is 22.4 Å². The number of ether oxygens (including phenoxy) is 1. The number of aromatic nitrogens is 2. The Morgan fingerprint density at radius 2 is 1.87 bits per heavy atom. The molecule has 234 valence electrons. The van der Waals surface area contributed by atoms with Crippen LogP contribution in [-0.4, -0.2) is 72.5 Å². The van der Waals surface area contributed by atoms with Crippen LogP contribution in [0.25, 0.3) is 32.1 Å². The van der Waals surface area contributed by atoms with Crippen molar-refractivity contribution in [3.8, 4) is 23.2 Å². The fourth-order valence-corrected chi connectivity index (χ4v) is 8.29. The number of likely N-dealkylation sites (tertiary alicyclic amines) is 1. The number of alkyl halides is 1. The molecule has 45 heavy (non-hydrogen) atoms. The highest BCUT2D eigenvalue weighted by Crippen LogP contribution is 2.48. The van der Waals surface area contributed by atoms with Gasteiger partial charge in [-0.25, -0.2) is 17.6 Å². The molecule has 13 heteroatoms. The van der Waals surface area contributed by atoms with Gasteiger partial charge in [-0.2, -0.15) is 15.2 Å². The molecule has 4 fully saturated rings. The molecule has 2 aromatic heterocycles. The second-order valence-electron chi connectivity index (χ2n) is 13.0. The van der Waals surface area contributed by atoms with E-state index >= 15 is 8.78 Å². The van der Waals surface area contributed by atoms with Crippen LogP contribution in [0.2, 0.25) is 0 Å². The first-order valence-corrected chi connectivity index (χ1v) is 16.1. The first-order chi connectivity index (χ1) is 21.7. The number of nitrogens with two attached hydrogens (primary N) is 1. The summed E-state index contributed by atoms with van der Waals surface area (Å²) in [6.07, 6.45) is 3.59. The quantitative estimate of drug-likeness (QED) is 0.255. The van der Waals surface area contributed by atoms with Gasteiger partial charge in [-0.1, -0.05) is 6.07 Å². The minimum absolute atomic E-state index is 0.0161. The second-order valence-corrected chi connectivity index (χ2v) is 14.0. The number of nitriles is 1. The molecule has 3 aliphatic heterocycles. The molecule has 1 saturated carbocycles. The summed E-state index contributed by atoms with van der Waals surface area (Å²) in [7, 11) is 0. The maximum atomic E-state index is 16.7. The molecule has 3 atom stereocenters. The molecule has 2 bridgehead atoms. The lowest BCUT2D eigenvalue weighted by Gasteiger charge is -2.34. The number of anilines is 2. The van der Waals surface area contributed by atoms with Crippen molar-refractivity contribution in [2.45, 2.75) is 50.4 Å². The Kier molecular flexibility index (Phi) is 6.81. The van der Waals surface area contributed by atoms with Gasteiger partial charge in [0, 0.05) is 61.0 Å². The molecule has 2 aromatic carbocycles. The highest BCUT2D eigenvalue weighted by Gasteiger charge is 2.46. The summed E-state index contributed by atoms with van der Waals surface area (Å²) in [5.41, 5.74) is 5.30. The monoisotopic (exact) mass is 637 g/mol. The topological polar surface area (TPSA) is 103 Å². The first kappa shape index (κ1) is 28.7. The van der Waals surface area contributed by atoms with E-state index in [2.05, 4.69) is 15.2 Å². The Balaban J connectivity index is 1.23. The van der Waals surface area contributed by atoms with Gasteiger partial charge in [-0.15, -0.1) is 11.3 Å². The zero-order chi connectivity index (χ0) is 31.0. The fraction of sp³-hybridized carbons (Fsp3) is 0.469. The second kappa shape index (κ2) is 10.7. The summed E-state index contributed by atoms with van der Waals surface area (Å²) in [6, 6.07) is 6.03. The molecule has 2 unspecified atom stereocenters. The van der Waals surface area contributed by atoms with E-state index in [1.54, 1.807) is 0 Å². The lowest BCUT2D eigenvalue weighted by molar-refractivity contribution is 0.165. The summed E-state index contributed by atoms with van der Waals surface area (Å²) in [6.45, 7) is 3.38. The standard InChI is InChI=1S/C32H31F4N7OS/c33-16-5-8-42(11-16)14-32(6-7-32)15-44-31-40-27-20(30(41-31)43-12-17-1-2-18(13-43)39-17)9-23(35)25(26(27)36)19-3-4-22(34)28-24(19)21(10-37)29(38)45-28/h3-4,9,16-18,39H,1-2,5-8,11-15,38H2/t16-,17?,18?/m1/s1. The zero-order valence-electron chi connectivity index (χ0n) is 24.4. The van der Waals surface area contributed by atoms with Crippen molar-refractivity contribution < 1.29 is 22.3 Å². The van der Waals surface area contributed by atoms with E-state index < -0.39 is 29.2 Å². The number of nitrogens with one attached hydrogen (secondary N) is 1. The molecule has 5 heterocycles. The van der Waals surface area contributed by atoms with Crippen LogP contribution >= 0.6 is 11.3 Å². The predicted octanol–water partition coefficient (Wildman–Crippen LogP) is 5.53. The van der Waals surface area contributed by atoms with Crippen LogP contribution < -0.4 is 20.7 Å². The van der Waals surface area contributed by atoms with E-state index in [-0.39, 0.29) is 60.6 Å². The van der Waals surface area contributed by atoms with Crippen molar-refractivity contribution in [3.63, 3.8) is 0 Å². The van der Waals surface area contributed by atoms with Gasteiger partial charge in [0.2, 0.25) is 0 Å². The Morgan fingerprint density at radius 1 is 1.09 bits per heavy atom. The largest absolute Gasteiger partial charge is 0.463 e. The van der Waals surface area contributed by atoms with E-state index in [4.69, 9.17) is 15.5 Å². The summed E-state index contributed by atoms with van der Waals surface area (Å²) in [5.74, 6) is -2.08. The Morgan fingerprint density at radius 3 is 2.56 bits per heavy atom. The van der Waals surface area contributed by atoms with Crippen LogP contribution in [0.3, 0.4) is 0 Å². The van der Waals surface area contributed by atoms with Gasteiger partial charge in [0.1, 0.15) is 40.2 Å². The molecule has 0 amide bonds. The zero-order valence-corrected chi connectivity index (χ0v) is 25.2. The van der Waals surface area contributed by atoms with Crippen LogP contribution in [0.15, 0.2) is 18.2 Å². The molecule has 8 rings (SSSR count). The third-order valence-corrected chi connectivity index (χ3v) is 10.8. The van der Waals surface area contributed by atoms with Gasteiger partial charge in [-0.3, -0.25) is 4.90 Å². The van der Waals surface area contributed by atoms with Crippen molar-refractivity contribution in [1.29, 1.82) is 5.26 Å². The van der Waals surface area contributed by atoms with E-state index in [1.807, 2.05) is 11.0 Å². The van der Waals surface area contributed by atoms with Crippen LogP contribution in [0, 0.1) is 34.2 Å². The van der Waals surface area contributed by atoms with Gasteiger partial charge in [-0.05, 0) is 49.8 Å². The minimum Gasteiger partial charge on any atom is -0.463 e. The van der Waals surface area contributed by atoms with Crippen molar-refractivity contribution in [1.82, 2.24) is 20.2 Å². The lowest BCUT2D eigenvalue weighted by Crippen LogP contribution is -2.51. The van der Waals surface area contributed by atoms with Gasteiger partial charge < -0.3 is 20.7 Å². The Bertz CT molecular complexity index is 1880. The number of nitrogen functional groups attached to an aromatic ring is 1. The lowest BCUT2D eigenvalue weighted by atomic mass is 9.96. The van der Waals surface area contributed by atoms with E-state index in [0.29, 0.717) is 51.6 Å². The third kappa shape index (κ3) is 4.94. The summed E-state index contributed by atoms with van der Waals surface area (Å²) >= 11 is 0.863. The maximum Gasteiger partial charge on any atom is 0.319 e. The molecule has 0 spiro atoms. The molecular weight excluding hydrogens is 606 g/mol. The highest BCUT2D eigenvalue weighted by atomic mass is 32.1. The normalized spacial score (nSPS) is 24.1. The molecule has 8 nitrogen and oxygen atoms in total. The van der Waals surface area contributed by atoms with Crippen molar-refractivity contribution in [3.05, 3.63) is 41.2 Å². The molecule has 3 saturated heterocycles. The number of hydrogen-bond donors (Lipinski definition) is 2. The number of halogens is 4. The van der Waals surface area contributed by atoms with Gasteiger partial charge >= 0.3 is 6.01 Å². The Labute approximate surface area is 260 Å². The summed E-state index contributed by atoms with van der Waals surface area (Å²) in [5, 5.41) is 13.7. The number of nitrogens with zero attached hydrogens (tertiary/aromatic N) is 5. The summed E-state index contributed by atoms with van der Waals surface area (Å²) in [4.78, 5) is 13.4. The van der Waals surface area contributed by atoms with E-state index in [0.717, 1.165) is 43.1 Å². The third-order valence-electron chi connectivity index (χ3n) is 9.80.